The minimum absolute atomic E-state index is 0.0586. The molecule has 134 valence electrons. The summed E-state index contributed by atoms with van der Waals surface area (Å²) in [6.45, 7) is 3.84. The minimum Gasteiger partial charge on any atom is -0.330 e. The van der Waals surface area contributed by atoms with Crippen LogP contribution >= 0.6 is 11.6 Å². The van der Waals surface area contributed by atoms with Gasteiger partial charge in [0.1, 0.15) is 0 Å². The van der Waals surface area contributed by atoms with Crippen LogP contribution in [0.4, 0.5) is 0 Å². The van der Waals surface area contributed by atoms with E-state index in [1.54, 1.807) is 24.3 Å². The highest BCUT2D eigenvalue weighted by Crippen LogP contribution is 2.29. The van der Waals surface area contributed by atoms with E-state index in [2.05, 4.69) is 0 Å². The summed E-state index contributed by atoms with van der Waals surface area (Å²) in [5.74, 6) is -1.86. The number of hydrogen-bond donors (Lipinski definition) is 0. The Morgan fingerprint density at radius 2 is 1.54 bits per heavy atom. The van der Waals surface area contributed by atoms with Gasteiger partial charge in [-0.15, -0.1) is 0 Å². The van der Waals surface area contributed by atoms with Crippen molar-refractivity contribution >= 4 is 29.4 Å². The van der Waals surface area contributed by atoms with Crippen molar-refractivity contribution in [2.45, 2.75) is 26.7 Å². The van der Waals surface area contributed by atoms with Gasteiger partial charge in [-0.3, -0.25) is 9.59 Å². The fourth-order valence-corrected chi connectivity index (χ4v) is 3.12. The third kappa shape index (κ3) is 3.78. The largest absolute Gasteiger partial charge is 0.333 e. The van der Waals surface area contributed by atoms with Crippen LogP contribution in [0.25, 0.3) is 0 Å². The van der Waals surface area contributed by atoms with Crippen LogP contribution in [0.3, 0.4) is 0 Å². The van der Waals surface area contributed by atoms with Crippen LogP contribution in [-0.4, -0.2) is 22.8 Å². The van der Waals surface area contributed by atoms with Crippen LogP contribution in [-0.2, 0) is 16.1 Å². The molecule has 26 heavy (non-hydrogen) atoms. The Morgan fingerprint density at radius 3 is 2.08 bits per heavy atom. The summed E-state index contributed by atoms with van der Waals surface area (Å²) in [5.41, 5.74) is 1.10. The van der Waals surface area contributed by atoms with Gasteiger partial charge in [0.05, 0.1) is 17.5 Å². The third-order valence-corrected chi connectivity index (χ3v) is 4.42. The summed E-state index contributed by atoms with van der Waals surface area (Å²) in [6.07, 6.45) is 0.685. The van der Waals surface area contributed by atoms with E-state index in [-0.39, 0.29) is 17.5 Å². The van der Waals surface area contributed by atoms with E-state index >= 15 is 0 Å². The number of benzene rings is 2. The smallest absolute Gasteiger partial charge is 0.330 e. The van der Waals surface area contributed by atoms with Gasteiger partial charge < -0.3 is 4.84 Å². The van der Waals surface area contributed by atoms with Gasteiger partial charge in [-0.1, -0.05) is 54.8 Å². The molecule has 6 heteroatoms. The molecule has 0 radical (unpaired) electrons. The number of carbonyl (C=O) groups excluding carboxylic acids is 3. The predicted octanol–water partition coefficient (Wildman–Crippen LogP) is 4.05. The first-order valence-corrected chi connectivity index (χ1v) is 8.58. The summed E-state index contributed by atoms with van der Waals surface area (Å²) in [4.78, 5) is 41.9. The van der Waals surface area contributed by atoms with E-state index in [0.29, 0.717) is 16.5 Å². The normalized spacial score (nSPS) is 13.7. The molecule has 0 atom stereocenters. The quantitative estimate of drug-likeness (QED) is 0.744. The number of imide groups is 1. The number of hydrogen-bond acceptors (Lipinski definition) is 4. The zero-order chi connectivity index (χ0) is 18.9. The second-order valence-electron chi connectivity index (χ2n) is 7.06. The van der Waals surface area contributed by atoms with Gasteiger partial charge in [-0.2, -0.15) is 0 Å². The van der Waals surface area contributed by atoms with Crippen LogP contribution in [0.5, 0.6) is 0 Å². The first kappa shape index (κ1) is 18.1. The van der Waals surface area contributed by atoms with E-state index in [0.717, 1.165) is 5.56 Å². The zero-order valence-corrected chi connectivity index (χ0v) is 15.2. The molecular formula is C20H18ClNO4. The molecule has 5 nitrogen and oxygen atoms in total. The summed E-state index contributed by atoms with van der Waals surface area (Å²) in [7, 11) is 0. The van der Waals surface area contributed by atoms with Gasteiger partial charge in [0, 0.05) is 5.02 Å². The molecule has 0 aromatic heterocycles. The Morgan fingerprint density at radius 1 is 1.00 bits per heavy atom. The SMILES string of the molecule is CC(C)(CC(=O)ON1C(=O)c2ccccc2C1=O)Cc1ccc(Cl)cc1. The first-order valence-electron chi connectivity index (χ1n) is 8.20. The van der Waals surface area contributed by atoms with E-state index < -0.39 is 23.2 Å². The van der Waals surface area contributed by atoms with Crippen molar-refractivity contribution < 1.29 is 19.2 Å². The van der Waals surface area contributed by atoms with Gasteiger partial charge in [0.2, 0.25) is 0 Å². The first-order chi connectivity index (χ1) is 12.3. The van der Waals surface area contributed by atoms with E-state index in [1.165, 1.54) is 12.1 Å². The van der Waals surface area contributed by atoms with E-state index in [4.69, 9.17) is 16.4 Å². The maximum Gasteiger partial charge on any atom is 0.333 e. The molecular weight excluding hydrogens is 354 g/mol. The molecule has 1 aliphatic heterocycles. The molecule has 2 amide bonds. The molecule has 0 fully saturated rings. The number of carbonyl (C=O) groups is 3. The molecule has 2 aromatic rings. The predicted molar refractivity (Wildman–Crippen MR) is 96.6 cm³/mol. The number of fused-ring (bicyclic) bond motifs is 1. The zero-order valence-electron chi connectivity index (χ0n) is 14.5. The van der Waals surface area contributed by atoms with Crippen molar-refractivity contribution in [3.63, 3.8) is 0 Å². The Kier molecular flexibility index (Phi) is 4.83. The van der Waals surface area contributed by atoms with Crippen molar-refractivity contribution in [1.82, 2.24) is 5.06 Å². The van der Waals surface area contributed by atoms with Gasteiger partial charge in [0.15, 0.2) is 0 Å². The topological polar surface area (TPSA) is 63.7 Å². The van der Waals surface area contributed by atoms with Crippen LogP contribution in [0.15, 0.2) is 48.5 Å². The number of amides is 2. The standard InChI is InChI=1S/C20H18ClNO4/c1-20(2,11-13-7-9-14(21)10-8-13)12-17(23)26-22-18(24)15-5-3-4-6-16(15)19(22)25/h3-10H,11-12H2,1-2H3. The molecule has 0 unspecified atom stereocenters. The molecule has 0 aliphatic carbocycles. The van der Waals surface area contributed by atoms with Crippen molar-refractivity contribution in [1.29, 1.82) is 0 Å². The Hall–Kier alpha value is -2.66. The van der Waals surface area contributed by atoms with Crippen LogP contribution in [0.2, 0.25) is 5.02 Å². The average Bonchev–Trinajstić information content (AvgIpc) is 2.82. The minimum atomic E-state index is -0.626. The second kappa shape index (κ2) is 6.92. The Bertz CT molecular complexity index is 839. The maximum atomic E-state index is 12.3. The van der Waals surface area contributed by atoms with Gasteiger partial charge >= 0.3 is 5.97 Å². The lowest BCUT2D eigenvalue weighted by Gasteiger charge is -2.24. The lowest BCUT2D eigenvalue weighted by Crippen LogP contribution is -2.34. The highest BCUT2D eigenvalue weighted by atomic mass is 35.5. The fraction of sp³-hybridized carbons (Fsp3) is 0.250. The molecule has 3 rings (SSSR count). The molecule has 2 aromatic carbocycles. The lowest BCUT2D eigenvalue weighted by molar-refractivity contribution is -0.170. The summed E-state index contributed by atoms with van der Waals surface area (Å²) in [5, 5.41) is 1.20. The Balaban J connectivity index is 1.64. The van der Waals surface area contributed by atoms with Crippen LogP contribution in [0.1, 0.15) is 46.5 Å². The lowest BCUT2D eigenvalue weighted by atomic mass is 9.83. The summed E-state index contributed by atoms with van der Waals surface area (Å²) < 4.78 is 0. The molecule has 0 saturated carbocycles. The fourth-order valence-electron chi connectivity index (χ4n) is 2.99. The third-order valence-electron chi connectivity index (χ3n) is 4.17. The average molecular weight is 372 g/mol. The molecule has 0 spiro atoms. The van der Waals surface area contributed by atoms with E-state index in [1.807, 2.05) is 26.0 Å². The molecule has 0 N–H and O–H groups in total. The Labute approximate surface area is 156 Å². The molecule has 0 bridgehead atoms. The summed E-state index contributed by atoms with van der Waals surface area (Å²) in [6, 6.07) is 13.8. The van der Waals surface area contributed by atoms with Gasteiger partial charge in [-0.25, -0.2) is 4.79 Å². The van der Waals surface area contributed by atoms with Crippen molar-refractivity contribution in [3.05, 3.63) is 70.2 Å². The maximum absolute atomic E-state index is 12.3. The van der Waals surface area contributed by atoms with Crippen molar-refractivity contribution in [2.75, 3.05) is 0 Å². The van der Waals surface area contributed by atoms with Crippen molar-refractivity contribution in [3.8, 4) is 0 Å². The van der Waals surface area contributed by atoms with Crippen molar-refractivity contribution in [2.24, 2.45) is 5.41 Å². The second-order valence-corrected chi connectivity index (χ2v) is 7.49. The van der Waals surface area contributed by atoms with Crippen LogP contribution < -0.4 is 0 Å². The summed E-state index contributed by atoms with van der Waals surface area (Å²) >= 11 is 5.88. The highest BCUT2D eigenvalue weighted by Gasteiger charge is 2.39. The monoisotopic (exact) mass is 371 g/mol. The number of hydroxylamine groups is 2. The molecule has 1 heterocycles. The molecule has 1 aliphatic rings. The number of halogens is 1. The van der Waals surface area contributed by atoms with Gasteiger partial charge in [0.25, 0.3) is 11.8 Å². The van der Waals surface area contributed by atoms with E-state index in [9.17, 15) is 14.4 Å². The highest BCUT2D eigenvalue weighted by molar-refractivity contribution is 6.30. The number of rotatable bonds is 5. The number of nitrogens with zero attached hydrogens (tertiary/aromatic N) is 1. The van der Waals surface area contributed by atoms with Crippen LogP contribution in [0, 0.1) is 5.41 Å². The van der Waals surface area contributed by atoms with Gasteiger partial charge in [-0.05, 0) is 41.7 Å². The molecule has 0 saturated heterocycles.